The molecule has 4 N–H and O–H groups in total. The van der Waals surface area contributed by atoms with E-state index in [1.807, 2.05) is 18.2 Å². The van der Waals surface area contributed by atoms with Crippen LogP contribution in [0.5, 0.6) is 11.5 Å². The molecule has 1 unspecified atom stereocenters. The fraction of sp³-hybridized carbons (Fsp3) is 0.344. The van der Waals surface area contributed by atoms with E-state index in [1.165, 1.54) is 47.2 Å². The minimum atomic E-state index is -4.67. The molecule has 6 heterocycles. The molecule has 22 nitrogen and oxygen atoms in total. The predicted molar refractivity (Wildman–Crippen MR) is 330 cm³/mol. The zero-order valence-electron chi connectivity index (χ0n) is 48.6. The third kappa shape index (κ3) is 13.8. The van der Waals surface area contributed by atoms with Gasteiger partial charge in [0.1, 0.15) is 34.6 Å². The van der Waals surface area contributed by atoms with E-state index in [9.17, 15) is 42.5 Å². The summed E-state index contributed by atoms with van der Waals surface area (Å²) in [6, 6.07) is 23.9. The molecule has 88 heavy (non-hydrogen) atoms. The summed E-state index contributed by atoms with van der Waals surface area (Å²) in [5.74, 6) is 3.27. The molecule has 2 saturated heterocycles. The fourth-order valence-electron chi connectivity index (χ4n) is 11.7. The number of ether oxygens (including phenoxy) is 1. The lowest BCUT2D eigenvalue weighted by Gasteiger charge is -2.39. The van der Waals surface area contributed by atoms with Crippen LogP contribution in [0.2, 0.25) is 5.02 Å². The van der Waals surface area contributed by atoms with Crippen molar-refractivity contribution in [1.82, 2.24) is 44.8 Å². The predicted octanol–water partition coefficient (Wildman–Crippen LogP) is 9.82. The summed E-state index contributed by atoms with van der Waals surface area (Å²) >= 11 is 6.27. The summed E-state index contributed by atoms with van der Waals surface area (Å²) in [7, 11) is -4.67. The number of amides is 5. The van der Waals surface area contributed by atoms with Gasteiger partial charge in [-0.15, -0.1) is 5.10 Å². The van der Waals surface area contributed by atoms with Crippen LogP contribution in [-0.4, -0.2) is 116 Å². The van der Waals surface area contributed by atoms with Crippen LogP contribution in [0.15, 0.2) is 120 Å². The molecule has 454 valence electrons. The number of allylic oxidation sites excluding steroid dienone is 1. The summed E-state index contributed by atoms with van der Waals surface area (Å²) in [4.78, 5) is 89.1. The number of halogens is 1. The van der Waals surface area contributed by atoms with Gasteiger partial charge >= 0.3 is 0 Å². The number of H-pyrrole nitrogens is 1. The fourth-order valence-corrected chi connectivity index (χ4v) is 12.8. The Hall–Kier alpha value is -9.24. The highest BCUT2D eigenvalue weighted by molar-refractivity contribution is 7.90. The normalized spacial score (nSPS) is 17.0. The molecule has 1 aliphatic carbocycles. The second-order valence-corrected chi connectivity index (χ2v) is 25.4. The third-order valence-corrected chi connectivity index (χ3v) is 18.1. The number of benzene rings is 4. The van der Waals surface area contributed by atoms with Gasteiger partial charge in [-0.25, -0.2) is 18.1 Å². The summed E-state index contributed by atoms with van der Waals surface area (Å²) in [5.41, 5.74) is 6.32. The zero-order valence-corrected chi connectivity index (χ0v) is 50.2. The van der Waals surface area contributed by atoms with Gasteiger partial charge in [-0.2, -0.15) is 0 Å². The highest BCUT2D eigenvalue weighted by atomic mass is 35.5. The van der Waals surface area contributed by atoms with E-state index in [4.69, 9.17) is 16.3 Å². The van der Waals surface area contributed by atoms with Gasteiger partial charge in [0.25, 0.3) is 33.4 Å². The van der Waals surface area contributed by atoms with Crippen molar-refractivity contribution >= 4 is 84.8 Å². The van der Waals surface area contributed by atoms with Crippen molar-refractivity contribution in [2.45, 2.75) is 109 Å². The van der Waals surface area contributed by atoms with Crippen molar-refractivity contribution in [3.05, 3.63) is 164 Å². The number of fused-ring (bicyclic) bond motifs is 2. The number of rotatable bonds is 21. The van der Waals surface area contributed by atoms with Crippen LogP contribution < -0.4 is 25.0 Å². The summed E-state index contributed by atoms with van der Waals surface area (Å²) in [5, 5.41) is 27.5. The number of anilines is 2. The quantitative estimate of drug-likeness (QED) is 0.0171. The van der Waals surface area contributed by atoms with E-state index in [2.05, 4.69) is 83.3 Å². The average molecular weight is 1230 g/mol. The number of aromatic nitrogens is 5. The first-order chi connectivity index (χ1) is 42.4. The van der Waals surface area contributed by atoms with Crippen LogP contribution in [0.4, 0.5) is 17.1 Å². The van der Waals surface area contributed by atoms with Crippen LogP contribution in [0.25, 0.3) is 16.6 Å². The summed E-state index contributed by atoms with van der Waals surface area (Å²) < 4.78 is 38.0. The van der Waals surface area contributed by atoms with Gasteiger partial charge in [-0.1, -0.05) is 85.5 Å². The Labute approximate surface area is 513 Å². The van der Waals surface area contributed by atoms with Gasteiger partial charge in [0.15, 0.2) is 0 Å². The standard InChI is InChI=1S/C64H65ClN12O10S/c1-64(2)26-24-44(52(36-64)41-14-16-45(65)17-15-41)39-73-29-31-74(32-30-73)47-18-20-50(56(34-47)87-48-33-43-25-27-66-59(43)68-38-48)60(79)71-88(85,86)49-19-21-53(55(35-49)77(83)84)67-37-46-40-75(72-70-46)28-9-7-5-3-4-6-8-11-42-12-10-13-51-58(42)63(82)76(62(51)81)54-22-23-57(78)69-61(54)80/h10,12-21,25,27,33-35,38,40,54,67H,3-7,9,22-24,26,28-32,36-37,39H2,1-2H3,(H,66,68)(H,71,79)(H,69,78,80). The first-order valence-corrected chi connectivity index (χ1v) is 31.2. The number of hydrogen-bond acceptors (Lipinski definition) is 16. The summed E-state index contributed by atoms with van der Waals surface area (Å²) in [6.45, 7) is 9.08. The number of piperazine rings is 1. The number of aryl methyl sites for hydroxylation is 1. The van der Waals surface area contributed by atoms with Gasteiger partial charge in [-0.3, -0.25) is 53.9 Å². The van der Waals surface area contributed by atoms with E-state index in [0.29, 0.717) is 53.7 Å². The van der Waals surface area contributed by atoms with Gasteiger partial charge in [0.05, 0.1) is 45.4 Å². The lowest BCUT2D eigenvalue weighted by atomic mass is 9.72. The Morgan fingerprint density at radius 1 is 0.920 bits per heavy atom. The van der Waals surface area contributed by atoms with Crippen molar-refractivity contribution in [3.8, 4) is 23.3 Å². The van der Waals surface area contributed by atoms with Gasteiger partial charge in [-0.05, 0) is 116 Å². The largest absolute Gasteiger partial charge is 0.455 e. The first-order valence-electron chi connectivity index (χ1n) is 29.4. The number of nitro groups is 1. The topological polar surface area (TPSA) is 277 Å². The van der Waals surface area contributed by atoms with E-state index in [0.717, 1.165) is 93.0 Å². The molecule has 0 bridgehead atoms. The van der Waals surface area contributed by atoms with Crippen molar-refractivity contribution in [2.75, 3.05) is 42.9 Å². The molecule has 1 atom stereocenters. The Morgan fingerprint density at radius 2 is 1.72 bits per heavy atom. The third-order valence-electron chi connectivity index (χ3n) is 16.5. The molecule has 11 rings (SSSR count). The Balaban J connectivity index is 0.672. The highest BCUT2D eigenvalue weighted by Gasteiger charge is 2.45. The number of carbonyl (C=O) groups excluding carboxylic acids is 5. The van der Waals surface area contributed by atoms with Crippen molar-refractivity contribution in [2.24, 2.45) is 5.41 Å². The minimum Gasteiger partial charge on any atom is -0.455 e. The monoisotopic (exact) mass is 1230 g/mol. The molecule has 7 aromatic rings. The maximum Gasteiger partial charge on any atom is 0.293 e. The number of hydrogen-bond donors (Lipinski definition) is 4. The number of piperidine rings is 1. The molecule has 4 aromatic carbocycles. The summed E-state index contributed by atoms with van der Waals surface area (Å²) in [6.07, 6.45) is 13.1. The van der Waals surface area contributed by atoms with Gasteiger partial charge < -0.3 is 19.9 Å². The second kappa shape index (κ2) is 26.0. The Kier molecular flexibility index (Phi) is 17.9. The molecule has 0 radical (unpaired) electrons. The van der Waals surface area contributed by atoms with Crippen LogP contribution >= 0.6 is 11.6 Å². The lowest BCUT2D eigenvalue weighted by molar-refractivity contribution is -0.384. The van der Waals surface area contributed by atoms with E-state index in [-0.39, 0.29) is 52.9 Å². The highest BCUT2D eigenvalue weighted by Crippen LogP contribution is 2.44. The number of nitrogens with zero attached hydrogens (tertiary/aromatic N) is 8. The molecule has 3 aromatic heterocycles. The molecule has 0 saturated carbocycles. The van der Waals surface area contributed by atoms with E-state index < -0.39 is 61.1 Å². The SMILES string of the molecule is CC1(C)CCC(CN2CCN(c3ccc(C(=O)NS(=O)(=O)c4ccc(NCc5cn(CCCCCCCC#Cc6cccc7c6C(=O)N(C6CCC(=O)NC6=O)C7=O)nn5)c([N+](=O)[O-])c4)c(Oc4cnc5[nH]ccc5c4)c3)CC2)=C(c2ccc(Cl)cc2)C1. The second-order valence-electron chi connectivity index (χ2n) is 23.3. The van der Waals surface area contributed by atoms with Crippen molar-refractivity contribution in [1.29, 1.82) is 0 Å². The number of unbranched alkanes of at least 4 members (excludes halogenated alkanes) is 5. The van der Waals surface area contributed by atoms with Gasteiger partial charge in [0.2, 0.25) is 11.8 Å². The van der Waals surface area contributed by atoms with Crippen LogP contribution in [0.3, 0.4) is 0 Å². The lowest BCUT2D eigenvalue weighted by Crippen LogP contribution is -2.54. The van der Waals surface area contributed by atoms with E-state index >= 15 is 0 Å². The molecule has 5 amide bonds. The molecule has 2 fully saturated rings. The van der Waals surface area contributed by atoms with Crippen LogP contribution in [0.1, 0.15) is 132 Å². The first kappa shape index (κ1) is 60.4. The number of sulfonamides is 1. The molecule has 0 spiro atoms. The molecule has 4 aliphatic rings. The van der Waals surface area contributed by atoms with Crippen molar-refractivity contribution in [3.63, 3.8) is 0 Å². The van der Waals surface area contributed by atoms with E-state index in [1.54, 1.807) is 47.4 Å². The average Bonchev–Trinajstić information content (AvgIpc) is 1.65. The minimum absolute atomic E-state index is 0.0279. The number of aromatic amines is 1. The molecular formula is C64H65ClN12O10S. The number of imide groups is 2. The molecule has 24 heteroatoms. The molecular weight excluding hydrogens is 1160 g/mol. The maximum absolute atomic E-state index is 14.1. The van der Waals surface area contributed by atoms with Crippen LogP contribution in [-0.2, 0) is 32.7 Å². The number of pyridine rings is 1. The van der Waals surface area contributed by atoms with Gasteiger partial charge in [0, 0.05) is 92.1 Å². The van der Waals surface area contributed by atoms with Crippen LogP contribution in [0, 0.1) is 27.4 Å². The number of nitro benzene ring substituents is 1. The maximum atomic E-state index is 14.1. The zero-order chi connectivity index (χ0) is 61.7. The Morgan fingerprint density at radius 3 is 2.51 bits per heavy atom. The number of carbonyl (C=O) groups is 5. The molecule has 3 aliphatic heterocycles. The smallest absolute Gasteiger partial charge is 0.293 e. The van der Waals surface area contributed by atoms with Crippen molar-refractivity contribution < 1.29 is 42.1 Å². The Bertz CT molecular complexity index is 4100. The number of nitrogens with one attached hydrogen (secondary N) is 4.